The summed E-state index contributed by atoms with van der Waals surface area (Å²) >= 11 is 0. The van der Waals surface area contributed by atoms with Gasteiger partial charge in [-0.25, -0.2) is 4.39 Å². The quantitative estimate of drug-likeness (QED) is 0.855. The third-order valence-corrected chi connectivity index (χ3v) is 4.44. The van der Waals surface area contributed by atoms with E-state index in [1.54, 1.807) is 10.7 Å². The molecule has 1 atom stereocenters. The van der Waals surface area contributed by atoms with Crippen molar-refractivity contribution in [2.45, 2.75) is 44.6 Å². The van der Waals surface area contributed by atoms with Crippen LogP contribution >= 0.6 is 0 Å². The number of aromatic nitrogens is 2. The van der Waals surface area contributed by atoms with Gasteiger partial charge in [0.15, 0.2) is 0 Å². The predicted octanol–water partition coefficient (Wildman–Crippen LogP) is 2.44. The number of benzene rings is 1. The Bertz CT molecular complexity index is 694. The highest BCUT2D eigenvalue weighted by Crippen LogP contribution is 2.24. The minimum atomic E-state index is -0.789. The first kappa shape index (κ1) is 16.6. The van der Waals surface area contributed by atoms with E-state index in [2.05, 4.69) is 15.7 Å². The molecule has 1 aromatic carbocycles. The van der Waals surface area contributed by atoms with Crippen molar-refractivity contribution in [1.29, 1.82) is 0 Å². The van der Waals surface area contributed by atoms with Gasteiger partial charge in [0.2, 0.25) is 0 Å². The minimum Gasteiger partial charge on any atom is -0.348 e. The average Bonchev–Trinajstić information content (AvgIpc) is 2.98. The Balaban J connectivity index is 1.85. The van der Waals surface area contributed by atoms with Crippen LogP contribution in [0.2, 0.25) is 0 Å². The zero-order valence-corrected chi connectivity index (χ0v) is 14.0. The molecule has 0 unspecified atom stereocenters. The lowest BCUT2D eigenvalue weighted by atomic mass is 9.91. The molecular formula is C18H23FN4O. The van der Waals surface area contributed by atoms with Gasteiger partial charge in [-0.1, -0.05) is 30.3 Å². The molecule has 128 valence electrons. The summed E-state index contributed by atoms with van der Waals surface area (Å²) in [6.45, 7) is 2.61. The molecule has 0 spiro atoms. The van der Waals surface area contributed by atoms with Crippen molar-refractivity contribution in [3.8, 4) is 0 Å². The Morgan fingerprint density at radius 1 is 1.38 bits per heavy atom. The van der Waals surface area contributed by atoms with Gasteiger partial charge in [0.1, 0.15) is 11.9 Å². The fourth-order valence-corrected chi connectivity index (χ4v) is 2.98. The number of hydrogen-bond donors (Lipinski definition) is 2. The first-order valence-electron chi connectivity index (χ1n) is 8.31. The number of carbonyl (C=O) groups excluding carboxylic acids is 1. The second kappa shape index (κ2) is 7.13. The van der Waals surface area contributed by atoms with Gasteiger partial charge >= 0.3 is 0 Å². The van der Waals surface area contributed by atoms with E-state index >= 15 is 0 Å². The highest BCUT2D eigenvalue weighted by atomic mass is 19.1. The zero-order valence-electron chi connectivity index (χ0n) is 14.0. The second-order valence-electron chi connectivity index (χ2n) is 6.32. The number of nitrogens with one attached hydrogen (secondary N) is 2. The van der Waals surface area contributed by atoms with Gasteiger partial charge in [-0.3, -0.25) is 9.48 Å². The summed E-state index contributed by atoms with van der Waals surface area (Å²) in [5.41, 5.74) is 2.40. The SMILES string of the molecule is CNCc1cc(C(=O)NC2CC(F)C2)n([C@@H](C)c2ccccc2)n1. The molecular weight excluding hydrogens is 307 g/mol. The summed E-state index contributed by atoms with van der Waals surface area (Å²) in [4.78, 5) is 12.6. The molecule has 0 radical (unpaired) electrons. The fraction of sp³-hybridized carbons (Fsp3) is 0.444. The lowest BCUT2D eigenvalue weighted by molar-refractivity contribution is 0.0848. The van der Waals surface area contributed by atoms with Gasteiger partial charge in [-0.2, -0.15) is 5.10 Å². The van der Waals surface area contributed by atoms with Crippen molar-refractivity contribution in [2.75, 3.05) is 7.05 Å². The van der Waals surface area contributed by atoms with Crippen LogP contribution in [0.25, 0.3) is 0 Å². The first-order valence-corrected chi connectivity index (χ1v) is 8.31. The highest BCUT2D eigenvalue weighted by molar-refractivity contribution is 5.93. The molecule has 1 aliphatic rings. The molecule has 1 heterocycles. The van der Waals surface area contributed by atoms with Gasteiger partial charge in [0.05, 0.1) is 11.7 Å². The van der Waals surface area contributed by atoms with Crippen LogP contribution in [0.3, 0.4) is 0 Å². The zero-order chi connectivity index (χ0) is 17.1. The van der Waals surface area contributed by atoms with Crippen molar-refractivity contribution >= 4 is 5.91 Å². The smallest absolute Gasteiger partial charge is 0.269 e. The van der Waals surface area contributed by atoms with E-state index in [0.29, 0.717) is 25.1 Å². The van der Waals surface area contributed by atoms with E-state index < -0.39 is 6.17 Å². The summed E-state index contributed by atoms with van der Waals surface area (Å²) < 4.78 is 14.7. The normalized spacial score (nSPS) is 21.1. The van der Waals surface area contributed by atoms with Crippen LogP contribution < -0.4 is 10.6 Å². The molecule has 6 heteroatoms. The van der Waals surface area contributed by atoms with Gasteiger partial charge in [0.25, 0.3) is 5.91 Å². The van der Waals surface area contributed by atoms with E-state index in [4.69, 9.17) is 0 Å². The van der Waals surface area contributed by atoms with Crippen LogP contribution in [0.5, 0.6) is 0 Å². The van der Waals surface area contributed by atoms with Gasteiger partial charge < -0.3 is 10.6 Å². The maximum absolute atomic E-state index is 13.0. The van der Waals surface area contributed by atoms with Gasteiger partial charge in [0, 0.05) is 12.6 Å². The standard InChI is InChI=1S/C18H23FN4O/c1-12(13-6-4-3-5-7-13)23-17(10-16(22-23)11-20-2)18(24)21-15-8-14(19)9-15/h3-7,10,12,14-15,20H,8-9,11H2,1-2H3,(H,21,24)/t12-,14?,15?/m0/s1. The number of halogens is 1. The summed E-state index contributed by atoms with van der Waals surface area (Å²) in [5, 5.41) is 10.5. The minimum absolute atomic E-state index is 0.0622. The number of hydrogen-bond acceptors (Lipinski definition) is 3. The van der Waals surface area contributed by atoms with E-state index in [0.717, 1.165) is 11.3 Å². The van der Waals surface area contributed by atoms with Crippen LogP contribution in [0.4, 0.5) is 4.39 Å². The number of rotatable bonds is 6. The predicted molar refractivity (Wildman–Crippen MR) is 90.6 cm³/mol. The monoisotopic (exact) mass is 330 g/mol. The largest absolute Gasteiger partial charge is 0.348 e. The average molecular weight is 330 g/mol. The van der Waals surface area contributed by atoms with Gasteiger partial charge in [-0.15, -0.1) is 0 Å². The van der Waals surface area contributed by atoms with E-state index in [-0.39, 0.29) is 18.0 Å². The maximum Gasteiger partial charge on any atom is 0.269 e. The Morgan fingerprint density at radius 2 is 2.08 bits per heavy atom. The Kier molecular flexibility index (Phi) is 4.94. The van der Waals surface area contributed by atoms with Crippen LogP contribution in [0.1, 0.15) is 47.6 Å². The molecule has 0 bridgehead atoms. The maximum atomic E-state index is 13.0. The molecule has 0 saturated heterocycles. The summed E-state index contributed by atoms with van der Waals surface area (Å²) in [6, 6.07) is 11.6. The molecule has 1 amide bonds. The van der Waals surface area contributed by atoms with Crippen molar-refractivity contribution in [3.63, 3.8) is 0 Å². The molecule has 1 aliphatic carbocycles. The Labute approximate surface area is 141 Å². The molecule has 1 aromatic heterocycles. The van der Waals surface area contributed by atoms with Gasteiger partial charge in [-0.05, 0) is 38.4 Å². The van der Waals surface area contributed by atoms with Crippen molar-refractivity contribution in [2.24, 2.45) is 0 Å². The third-order valence-electron chi connectivity index (χ3n) is 4.44. The molecule has 3 rings (SSSR count). The lowest BCUT2D eigenvalue weighted by Gasteiger charge is -2.30. The molecule has 2 aromatic rings. The first-order chi connectivity index (χ1) is 11.6. The van der Waals surface area contributed by atoms with E-state index in [1.807, 2.05) is 44.3 Å². The third kappa shape index (κ3) is 3.48. The lowest BCUT2D eigenvalue weighted by Crippen LogP contribution is -2.45. The van der Waals surface area contributed by atoms with Crippen molar-refractivity contribution < 1.29 is 9.18 Å². The van der Waals surface area contributed by atoms with Crippen LogP contribution in [0.15, 0.2) is 36.4 Å². The molecule has 1 saturated carbocycles. The van der Waals surface area contributed by atoms with Crippen molar-refractivity contribution in [3.05, 3.63) is 53.3 Å². The summed E-state index contributed by atoms with van der Waals surface area (Å²) in [5.74, 6) is -0.190. The topological polar surface area (TPSA) is 59.0 Å². The number of alkyl halides is 1. The number of carbonyl (C=O) groups is 1. The fourth-order valence-electron chi connectivity index (χ4n) is 2.98. The van der Waals surface area contributed by atoms with Crippen LogP contribution in [-0.2, 0) is 6.54 Å². The molecule has 2 N–H and O–H groups in total. The molecule has 0 aliphatic heterocycles. The molecule has 5 nitrogen and oxygen atoms in total. The summed E-state index contributed by atoms with van der Waals surface area (Å²) in [6.07, 6.45) is 0.0120. The number of nitrogens with zero attached hydrogens (tertiary/aromatic N) is 2. The number of amides is 1. The van der Waals surface area contributed by atoms with Crippen LogP contribution in [0, 0.1) is 0 Å². The Hall–Kier alpha value is -2.21. The highest BCUT2D eigenvalue weighted by Gasteiger charge is 2.31. The molecule has 1 fully saturated rings. The van der Waals surface area contributed by atoms with Crippen LogP contribution in [-0.4, -0.2) is 34.9 Å². The van der Waals surface area contributed by atoms with E-state index in [9.17, 15) is 9.18 Å². The Morgan fingerprint density at radius 3 is 2.71 bits per heavy atom. The van der Waals surface area contributed by atoms with E-state index in [1.165, 1.54) is 0 Å². The van der Waals surface area contributed by atoms with Crippen molar-refractivity contribution in [1.82, 2.24) is 20.4 Å². The second-order valence-corrected chi connectivity index (χ2v) is 6.32. The summed E-state index contributed by atoms with van der Waals surface area (Å²) in [7, 11) is 1.84. The molecule has 24 heavy (non-hydrogen) atoms.